The summed E-state index contributed by atoms with van der Waals surface area (Å²) in [7, 11) is 0. The van der Waals surface area contributed by atoms with Gasteiger partial charge in [-0.25, -0.2) is 4.98 Å². The second kappa shape index (κ2) is 8.86. The van der Waals surface area contributed by atoms with Gasteiger partial charge in [-0.05, 0) is 18.2 Å². The number of rotatable bonds is 4. The van der Waals surface area contributed by atoms with Crippen LogP contribution in [0.25, 0.3) is 22.2 Å². The van der Waals surface area contributed by atoms with Crippen LogP contribution in [-0.2, 0) is 4.74 Å². The van der Waals surface area contributed by atoms with E-state index in [2.05, 4.69) is 31.2 Å². The number of nitrogens with zero attached hydrogens (tertiary/aromatic N) is 6. The molecule has 2 N–H and O–H groups in total. The Balaban J connectivity index is 1.64. The molecule has 33 heavy (non-hydrogen) atoms. The molecule has 0 aliphatic carbocycles. The molecule has 2 aromatic carbocycles. The summed E-state index contributed by atoms with van der Waals surface area (Å²) in [6, 6.07) is 16.7. The van der Waals surface area contributed by atoms with Crippen LogP contribution in [-0.4, -0.2) is 46.4 Å². The molecule has 1 fully saturated rings. The minimum Gasteiger partial charge on any atom is -0.493 e. The van der Waals surface area contributed by atoms with E-state index in [1.54, 1.807) is 24.3 Å². The summed E-state index contributed by atoms with van der Waals surface area (Å²) in [6.07, 6.45) is 0. The van der Waals surface area contributed by atoms with Gasteiger partial charge in [0.25, 0.3) is 5.95 Å². The SMILES string of the molecule is N#Cc1c(-c2ccc(Cl)cc2)nc(N=Nc2c(O)[nH]c3ccccc23)nc1N1CCOCC1. The molecular formula is C23H18ClN7O2. The fraction of sp³-hybridized carbons (Fsp3) is 0.174. The van der Waals surface area contributed by atoms with Gasteiger partial charge in [0.2, 0.25) is 5.88 Å². The van der Waals surface area contributed by atoms with E-state index in [9.17, 15) is 10.4 Å². The van der Waals surface area contributed by atoms with Crippen molar-refractivity contribution in [1.82, 2.24) is 15.0 Å². The van der Waals surface area contributed by atoms with Gasteiger partial charge in [-0.2, -0.15) is 10.2 Å². The minimum absolute atomic E-state index is 0.0742. The summed E-state index contributed by atoms with van der Waals surface area (Å²) >= 11 is 6.05. The van der Waals surface area contributed by atoms with E-state index in [4.69, 9.17) is 16.3 Å². The first kappa shape index (κ1) is 20.9. The molecule has 1 saturated heterocycles. The van der Waals surface area contributed by atoms with Crippen molar-refractivity contribution in [3.05, 3.63) is 59.1 Å². The average molecular weight is 460 g/mol. The molecule has 0 atom stereocenters. The number of anilines is 1. The molecule has 1 aliphatic heterocycles. The standard InChI is InChI=1S/C23H18ClN7O2/c24-15-7-5-14(6-8-15)19-17(13-25)21(31-9-11-33-12-10-31)28-23(27-19)30-29-20-16-3-1-2-4-18(16)26-22(20)32/h1-8,26,32H,9-12H2. The molecule has 0 bridgehead atoms. The summed E-state index contributed by atoms with van der Waals surface area (Å²) in [5.41, 5.74) is 2.51. The van der Waals surface area contributed by atoms with Crippen LogP contribution in [0.3, 0.4) is 0 Å². The summed E-state index contributed by atoms with van der Waals surface area (Å²) in [4.78, 5) is 13.9. The van der Waals surface area contributed by atoms with E-state index in [-0.39, 0.29) is 11.8 Å². The van der Waals surface area contributed by atoms with Gasteiger partial charge < -0.3 is 19.7 Å². The van der Waals surface area contributed by atoms with E-state index in [0.29, 0.717) is 59.7 Å². The van der Waals surface area contributed by atoms with E-state index < -0.39 is 0 Å². The predicted molar refractivity (Wildman–Crippen MR) is 124 cm³/mol. The Morgan fingerprint density at radius 3 is 2.58 bits per heavy atom. The minimum atomic E-state index is -0.0973. The molecular weight excluding hydrogens is 442 g/mol. The number of hydrogen-bond donors (Lipinski definition) is 2. The third-order valence-corrected chi connectivity index (χ3v) is 5.57. The molecule has 9 nitrogen and oxygen atoms in total. The Kier molecular flexibility index (Phi) is 5.60. The topological polar surface area (TPSA) is 123 Å². The number of azo groups is 1. The molecule has 164 valence electrons. The first-order chi connectivity index (χ1) is 16.1. The first-order valence-corrected chi connectivity index (χ1v) is 10.6. The van der Waals surface area contributed by atoms with E-state index in [0.717, 1.165) is 10.9 Å². The van der Waals surface area contributed by atoms with E-state index in [1.807, 2.05) is 29.2 Å². The molecule has 0 radical (unpaired) electrons. The number of morpholine rings is 1. The molecule has 3 heterocycles. The highest BCUT2D eigenvalue weighted by atomic mass is 35.5. The smallest absolute Gasteiger partial charge is 0.271 e. The average Bonchev–Trinajstić information content (AvgIpc) is 3.18. The number of halogens is 1. The maximum Gasteiger partial charge on any atom is 0.271 e. The van der Waals surface area contributed by atoms with Crippen LogP contribution in [0.15, 0.2) is 58.8 Å². The number of aromatic hydroxyl groups is 1. The quantitative estimate of drug-likeness (QED) is 0.409. The number of ether oxygens (including phenoxy) is 1. The maximum absolute atomic E-state index is 10.3. The van der Waals surface area contributed by atoms with Crippen molar-refractivity contribution in [3.8, 4) is 23.2 Å². The van der Waals surface area contributed by atoms with Gasteiger partial charge in [0.05, 0.1) is 24.4 Å². The molecule has 5 rings (SSSR count). The van der Waals surface area contributed by atoms with Crippen LogP contribution in [0.4, 0.5) is 17.5 Å². The van der Waals surface area contributed by atoms with Crippen LogP contribution in [0.5, 0.6) is 5.88 Å². The van der Waals surface area contributed by atoms with Gasteiger partial charge in [-0.1, -0.05) is 41.9 Å². The summed E-state index contributed by atoms with van der Waals surface area (Å²) < 4.78 is 5.45. The number of fused-ring (bicyclic) bond motifs is 1. The molecule has 4 aromatic rings. The third kappa shape index (κ3) is 4.09. The van der Waals surface area contributed by atoms with E-state index >= 15 is 0 Å². The zero-order valence-corrected chi connectivity index (χ0v) is 18.1. The molecule has 0 amide bonds. The van der Waals surface area contributed by atoms with Gasteiger partial charge >= 0.3 is 0 Å². The second-order valence-electron chi connectivity index (χ2n) is 7.36. The lowest BCUT2D eigenvalue weighted by Crippen LogP contribution is -2.37. The lowest BCUT2D eigenvalue weighted by molar-refractivity contribution is 0.122. The Morgan fingerprint density at radius 2 is 1.82 bits per heavy atom. The van der Waals surface area contributed by atoms with Crippen molar-refractivity contribution in [1.29, 1.82) is 5.26 Å². The van der Waals surface area contributed by atoms with Crippen molar-refractivity contribution >= 4 is 40.0 Å². The highest BCUT2D eigenvalue weighted by Gasteiger charge is 2.22. The van der Waals surface area contributed by atoms with Gasteiger partial charge in [-0.15, -0.1) is 10.2 Å². The number of H-pyrrole nitrogens is 1. The van der Waals surface area contributed by atoms with Crippen LogP contribution >= 0.6 is 11.6 Å². The Labute approximate surface area is 194 Å². The van der Waals surface area contributed by atoms with Gasteiger partial charge in [0.1, 0.15) is 11.6 Å². The monoisotopic (exact) mass is 459 g/mol. The molecule has 0 unspecified atom stereocenters. The van der Waals surface area contributed by atoms with Crippen molar-refractivity contribution in [2.45, 2.75) is 0 Å². The van der Waals surface area contributed by atoms with Gasteiger partial charge in [0.15, 0.2) is 11.5 Å². The summed E-state index contributed by atoms with van der Waals surface area (Å²) in [6.45, 7) is 2.24. The molecule has 1 aliphatic rings. The van der Waals surface area contributed by atoms with Crippen LogP contribution < -0.4 is 4.90 Å². The van der Waals surface area contributed by atoms with Crippen molar-refractivity contribution in [2.24, 2.45) is 10.2 Å². The van der Waals surface area contributed by atoms with Gasteiger partial charge in [0, 0.05) is 29.1 Å². The number of aromatic nitrogens is 3. The second-order valence-corrected chi connectivity index (χ2v) is 7.79. The lowest BCUT2D eigenvalue weighted by Gasteiger charge is -2.28. The van der Waals surface area contributed by atoms with Crippen LogP contribution in [0.2, 0.25) is 5.02 Å². The summed E-state index contributed by atoms with van der Waals surface area (Å²) in [5.74, 6) is 0.447. The Morgan fingerprint density at radius 1 is 1.06 bits per heavy atom. The third-order valence-electron chi connectivity index (χ3n) is 5.32. The normalized spacial score (nSPS) is 14.1. The fourth-order valence-corrected chi connectivity index (χ4v) is 3.84. The number of para-hydroxylation sites is 1. The molecule has 2 aromatic heterocycles. The number of nitriles is 1. The zero-order chi connectivity index (χ0) is 22.8. The van der Waals surface area contributed by atoms with Crippen LogP contribution in [0, 0.1) is 11.3 Å². The largest absolute Gasteiger partial charge is 0.493 e. The predicted octanol–water partition coefficient (Wildman–Crippen LogP) is 5.11. The van der Waals surface area contributed by atoms with Crippen molar-refractivity contribution in [2.75, 3.05) is 31.2 Å². The number of aromatic amines is 1. The van der Waals surface area contributed by atoms with Crippen LogP contribution in [0.1, 0.15) is 5.56 Å². The van der Waals surface area contributed by atoms with Crippen molar-refractivity contribution < 1.29 is 9.84 Å². The van der Waals surface area contributed by atoms with E-state index in [1.165, 1.54) is 0 Å². The number of nitrogens with one attached hydrogen (secondary N) is 1. The summed E-state index contributed by atoms with van der Waals surface area (Å²) in [5, 5.41) is 30.0. The molecule has 0 spiro atoms. The molecule has 0 saturated carbocycles. The highest BCUT2D eigenvalue weighted by molar-refractivity contribution is 6.30. The van der Waals surface area contributed by atoms with Crippen molar-refractivity contribution in [3.63, 3.8) is 0 Å². The Bertz CT molecular complexity index is 1390. The lowest BCUT2D eigenvalue weighted by atomic mass is 10.1. The number of benzene rings is 2. The van der Waals surface area contributed by atoms with Gasteiger partial charge in [-0.3, -0.25) is 0 Å². The molecule has 10 heteroatoms. The first-order valence-electron chi connectivity index (χ1n) is 10.3. The number of hydrogen-bond acceptors (Lipinski definition) is 8. The fourth-order valence-electron chi connectivity index (χ4n) is 3.71. The zero-order valence-electron chi connectivity index (χ0n) is 17.4. The highest BCUT2D eigenvalue weighted by Crippen LogP contribution is 2.37. The Hall–Kier alpha value is -4.00. The maximum atomic E-state index is 10.3.